The van der Waals surface area contributed by atoms with Gasteiger partial charge in [-0.1, -0.05) is 11.6 Å². The number of Topliss-reactive ketones (excluding diaryl/α,β-unsaturated/α-hetero) is 1. The lowest BCUT2D eigenvalue weighted by molar-refractivity contribution is -0.0413. The fourth-order valence-corrected chi connectivity index (χ4v) is 5.08. The highest BCUT2D eigenvalue weighted by Gasteiger charge is 2.40. The molecule has 2 atom stereocenters. The second kappa shape index (κ2) is 8.55. The molecule has 196 valence electrons. The molecule has 37 heavy (non-hydrogen) atoms. The van der Waals surface area contributed by atoms with Gasteiger partial charge in [0.25, 0.3) is 0 Å². The second-order valence-corrected chi connectivity index (χ2v) is 11.5. The highest BCUT2D eigenvalue weighted by molar-refractivity contribution is 6.05. The zero-order valence-electron chi connectivity index (χ0n) is 22.1. The van der Waals surface area contributed by atoms with Crippen molar-refractivity contribution in [2.75, 3.05) is 0 Å². The summed E-state index contributed by atoms with van der Waals surface area (Å²) < 4.78 is 18.6. The van der Waals surface area contributed by atoms with Crippen LogP contribution in [0.4, 0.5) is 0 Å². The van der Waals surface area contributed by atoms with Gasteiger partial charge in [-0.05, 0) is 71.7 Å². The molecular formula is C30H34O7. The average Bonchev–Trinajstić information content (AvgIpc) is 2.78. The number of aromatic hydroxyl groups is 2. The molecule has 0 aliphatic carbocycles. The number of ether oxygens (including phenoxy) is 3. The lowest BCUT2D eigenvalue weighted by Gasteiger charge is -2.38. The van der Waals surface area contributed by atoms with Gasteiger partial charge < -0.3 is 29.5 Å². The third-order valence-electron chi connectivity index (χ3n) is 7.30. The van der Waals surface area contributed by atoms with Gasteiger partial charge in [-0.15, -0.1) is 0 Å². The molecule has 0 fully saturated rings. The van der Waals surface area contributed by atoms with Crippen molar-refractivity contribution >= 4 is 11.9 Å². The molecule has 0 radical (unpaired) electrons. The van der Waals surface area contributed by atoms with E-state index in [1.165, 1.54) is 6.07 Å². The SMILES string of the molecule is CC(C)=CCc1c2c(c(O)c3c1O[C@H](c1cc4c(cc1O)OC(C)(C)[C@@H](O)C4)CC3=O)C=CC(C)(C)O2. The summed E-state index contributed by atoms with van der Waals surface area (Å²) in [6.45, 7) is 11.4. The number of ketones is 1. The van der Waals surface area contributed by atoms with Crippen molar-refractivity contribution in [1.82, 2.24) is 0 Å². The van der Waals surface area contributed by atoms with Gasteiger partial charge in [0.1, 0.15) is 51.6 Å². The van der Waals surface area contributed by atoms with Gasteiger partial charge >= 0.3 is 0 Å². The van der Waals surface area contributed by atoms with E-state index < -0.39 is 23.4 Å². The molecule has 7 nitrogen and oxygen atoms in total. The smallest absolute Gasteiger partial charge is 0.174 e. The van der Waals surface area contributed by atoms with Crippen LogP contribution in [0.2, 0.25) is 0 Å². The van der Waals surface area contributed by atoms with Gasteiger partial charge in [0, 0.05) is 23.6 Å². The Morgan fingerprint density at radius 1 is 1.08 bits per heavy atom. The van der Waals surface area contributed by atoms with E-state index in [-0.39, 0.29) is 35.0 Å². The van der Waals surface area contributed by atoms with Crippen molar-refractivity contribution in [2.45, 2.75) is 84.2 Å². The molecule has 0 amide bonds. The van der Waals surface area contributed by atoms with Gasteiger partial charge in [0.2, 0.25) is 0 Å². The largest absolute Gasteiger partial charge is 0.507 e. The van der Waals surface area contributed by atoms with Crippen LogP contribution in [0.3, 0.4) is 0 Å². The fourth-order valence-electron chi connectivity index (χ4n) is 5.08. The van der Waals surface area contributed by atoms with Crippen LogP contribution < -0.4 is 14.2 Å². The topological polar surface area (TPSA) is 105 Å². The van der Waals surface area contributed by atoms with Crippen molar-refractivity contribution in [3.8, 4) is 28.7 Å². The molecule has 7 heteroatoms. The van der Waals surface area contributed by atoms with Gasteiger partial charge in [-0.25, -0.2) is 0 Å². The zero-order chi connectivity index (χ0) is 26.9. The molecule has 3 aliphatic heterocycles. The number of rotatable bonds is 3. The Kier molecular flexibility index (Phi) is 5.83. The number of phenolic OH excluding ortho intramolecular Hbond substituents is 2. The molecule has 0 bridgehead atoms. The Balaban J connectivity index is 1.63. The van der Waals surface area contributed by atoms with Gasteiger partial charge in [0.15, 0.2) is 5.78 Å². The monoisotopic (exact) mass is 506 g/mol. The molecule has 0 saturated heterocycles. The summed E-state index contributed by atoms with van der Waals surface area (Å²) in [6, 6.07) is 3.26. The molecule has 2 aromatic rings. The number of aliphatic hydroxyl groups is 1. The highest BCUT2D eigenvalue weighted by Crippen LogP contribution is 2.52. The molecular weight excluding hydrogens is 472 g/mol. The highest BCUT2D eigenvalue weighted by atomic mass is 16.5. The molecule has 0 saturated carbocycles. The lowest BCUT2D eigenvalue weighted by Crippen LogP contribution is -2.46. The van der Waals surface area contributed by atoms with E-state index in [0.717, 1.165) is 11.1 Å². The third-order valence-corrected chi connectivity index (χ3v) is 7.30. The third kappa shape index (κ3) is 4.35. The van der Waals surface area contributed by atoms with Crippen LogP contribution in [-0.4, -0.2) is 38.4 Å². The van der Waals surface area contributed by atoms with Gasteiger partial charge in [-0.3, -0.25) is 4.79 Å². The van der Waals surface area contributed by atoms with E-state index in [4.69, 9.17) is 14.2 Å². The molecule has 0 unspecified atom stereocenters. The standard InChI is InChI=1S/C30H34O7/c1-15(2)7-8-18-27-17(9-10-29(3,4)37-27)26(34)25-21(32)14-23(35-28(18)25)19-11-16-12-24(33)30(5,6)36-22(16)13-20(19)31/h7,9-11,13,23-24,31,33-34H,8,12,14H2,1-6H3/t23-,24-/m0/s1. The Morgan fingerprint density at radius 2 is 1.81 bits per heavy atom. The maximum Gasteiger partial charge on any atom is 0.174 e. The summed E-state index contributed by atoms with van der Waals surface area (Å²) in [4.78, 5) is 13.5. The van der Waals surface area contributed by atoms with Crippen LogP contribution >= 0.6 is 0 Å². The molecule has 0 spiro atoms. The van der Waals surface area contributed by atoms with Crippen LogP contribution in [0.5, 0.6) is 28.7 Å². The predicted molar refractivity (Wildman–Crippen MR) is 140 cm³/mol. The molecule has 0 aromatic heterocycles. The van der Waals surface area contributed by atoms with Gasteiger partial charge in [0.05, 0.1) is 18.1 Å². The number of hydrogen-bond donors (Lipinski definition) is 3. The maximum absolute atomic E-state index is 13.5. The van der Waals surface area contributed by atoms with Crippen LogP contribution in [0.15, 0.2) is 29.9 Å². The summed E-state index contributed by atoms with van der Waals surface area (Å²) in [6.07, 6.45) is 4.90. The van der Waals surface area contributed by atoms with Crippen molar-refractivity contribution in [3.63, 3.8) is 0 Å². The molecule has 2 aromatic carbocycles. The number of benzene rings is 2. The first kappa shape index (κ1) is 25.2. The van der Waals surface area contributed by atoms with Crippen molar-refractivity contribution < 1.29 is 34.3 Å². The zero-order valence-corrected chi connectivity index (χ0v) is 22.1. The van der Waals surface area contributed by atoms with E-state index in [9.17, 15) is 20.1 Å². The summed E-state index contributed by atoms with van der Waals surface area (Å²) >= 11 is 0. The van der Waals surface area contributed by atoms with Crippen molar-refractivity contribution in [3.05, 3.63) is 57.7 Å². The molecule has 3 heterocycles. The van der Waals surface area contributed by atoms with Crippen LogP contribution in [0.25, 0.3) is 6.08 Å². The Morgan fingerprint density at radius 3 is 2.51 bits per heavy atom. The first-order valence-electron chi connectivity index (χ1n) is 12.6. The minimum absolute atomic E-state index is 0.0551. The maximum atomic E-state index is 13.5. The number of aliphatic hydroxyl groups excluding tert-OH is 1. The molecule has 5 rings (SSSR count). The van der Waals surface area contributed by atoms with E-state index in [2.05, 4.69) is 0 Å². The first-order chi connectivity index (χ1) is 17.3. The number of hydrogen-bond acceptors (Lipinski definition) is 7. The van der Waals surface area contributed by atoms with E-state index in [0.29, 0.717) is 41.0 Å². The van der Waals surface area contributed by atoms with Crippen LogP contribution in [-0.2, 0) is 12.8 Å². The van der Waals surface area contributed by atoms with E-state index in [1.54, 1.807) is 26.0 Å². The number of phenols is 2. The second-order valence-electron chi connectivity index (χ2n) is 11.5. The Hall–Kier alpha value is -3.45. The average molecular weight is 507 g/mol. The summed E-state index contributed by atoms with van der Waals surface area (Å²) in [5.41, 5.74) is 2.15. The summed E-state index contributed by atoms with van der Waals surface area (Å²) in [7, 11) is 0. The quantitative estimate of drug-likeness (QED) is 0.467. The first-order valence-corrected chi connectivity index (χ1v) is 12.6. The normalized spacial score (nSPS) is 22.5. The summed E-state index contributed by atoms with van der Waals surface area (Å²) in [5.74, 6) is 0.768. The Labute approximate surface area is 217 Å². The number of carbonyl (C=O) groups is 1. The molecule has 3 N–H and O–H groups in total. The lowest BCUT2D eigenvalue weighted by atomic mass is 9.86. The van der Waals surface area contributed by atoms with E-state index >= 15 is 0 Å². The number of allylic oxidation sites excluding steroid dienone is 2. The minimum atomic E-state index is -0.785. The van der Waals surface area contributed by atoms with Crippen LogP contribution in [0, 0.1) is 0 Å². The fraction of sp³-hybridized carbons (Fsp3) is 0.433. The predicted octanol–water partition coefficient (Wildman–Crippen LogP) is 5.57. The number of carbonyl (C=O) groups excluding carboxylic acids is 1. The number of fused-ring (bicyclic) bond motifs is 3. The van der Waals surface area contributed by atoms with Crippen molar-refractivity contribution in [1.29, 1.82) is 0 Å². The van der Waals surface area contributed by atoms with Crippen LogP contribution in [0.1, 0.15) is 86.7 Å². The van der Waals surface area contributed by atoms with E-state index in [1.807, 2.05) is 39.8 Å². The molecule has 3 aliphatic rings. The van der Waals surface area contributed by atoms with Gasteiger partial charge in [-0.2, -0.15) is 0 Å². The van der Waals surface area contributed by atoms with Crippen molar-refractivity contribution in [2.24, 2.45) is 0 Å². The summed E-state index contributed by atoms with van der Waals surface area (Å²) in [5, 5.41) is 32.6. The minimum Gasteiger partial charge on any atom is -0.507 e. The Bertz CT molecular complexity index is 1360.